The van der Waals surface area contributed by atoms with Crippen molar-refractivity contribution in [3.05, 3.63) is 99.4 Å². The Kier molecular flexibility index (Phi) is 8.32. The molecule has 1 atom stereocenters. The first-order chi connectivity index (χ1) is 17.8. The Morgan fingerprint density at radius 1 is 1.05 bits per heavy atom. The number of nitro benzene ring substituents is 1. The second-order valence-electron chi connectivity index (χ2n) is 8.20. The van der Waals surface area contributed by atoms with Crippen LogP contribution in [0.4, 0.5) is 16.5 Å². The zero-order valence-corrected chi connectivity index (χ0v) is 21.8. The highest BCUT2D eigenvalue weighted by Crippen LogP contribution is 2.31. The van der Waals surface area contributed by atoms with Gasteiger partial charge in [-0.3, -0.25) is 19.7 Å². The highest BCUT2D eigenvalue weighted by atomic mass is 32.2. The first-order valence-electron chi connectivity index (χ1n) is 11.5. The van der Waals surface area contributed by atoms with Crippen LogP contribution in [0.3, 0.4) is 0 Å². The first kappa shape index (κ1) is 26.1. The second-order valence-corrected chi connectivity index (χ2v) is 10.3. The average molecular weight is 533 g/mol. The van der Waals surface area contributed by atoms with Crippen molar-refractivity contribution in [3.8, 4) is 11.3 Å². The fourth-order valence-electron chi connectivity index (χ4n) is 3.55. The number of hydrogen-bond donors (Lipinski definition) is 2. The van der Waals surface area contributed by atoms with E-state index >= 15 is 0 Å². The molecule has 0 aliphatic heterocycles. The molecule has 1 unspecified atom stereocenters. The van der Waals surface area contributed by atoms with E-state index in [0.29, 0.717) is 34.1 Å². The molecule has 0 aliphatic carbocycles. The molecule has 8 nitrogen and oxygen atoms in total. The molecule has 1 heterocycles. The van der Waals surface area contributed by atoms with Crippen LogP contribution in [0.15, 0.2) is 83.1 Å². The van der Waals surface area contributed by atoms with Crippen molar-refractivity contribution in [2.24, 2.45) is 0 Å². The van der Waals surface area contributed by atoms with Crippen molar-refractivity contribution < 1.29 is 14.5 Å². The van der Waals surface area contributed by atoms with Gasteiger partial charge in [-0.2, -0.15) is 0 Å². The molecule has 3 aromatic carbocycles. The number of anilines is 2. The fraction of sp³-hybridized carbons (Fsp3) is 0.148. The molecule has 188 valence electrons. The van der Waals surface area contributed by atoms with Gasteiger partial charge in [0.05, 0.1) is 15.9 Å². The number of nitrogens with one attached hydrogen (secondary N) is 2. The third-order valence-electron chi connectivity index (χ3n) is 5.40. The number of benzene rings is 3. The molecule has 4 rings (SSSR count). The number of carbonyl (C=O) groups is 2. The summed E-state index contributed by atoms with van der Waals surface area (Å²) < 4.78 is 0. The maximum atomic E-state index is 13.0. The highest BCUT2D eigenvalue weighted by molar-refractivity contribution is 8.00. The van der Waals surface area contributed by atoms with Gasteiger partial charge >= 0.3 is 0 Å². The Bertz CT molecular complexity index is 1450. The van der Waals surface area contributed by atoms with Crippen molar-refractivity contribution in [1.29, 1.82) is 0 Å². The SMILES string of the molecule is CCC(Sc1cccc(NC(=O)c2cccc(C)c2)c1)C(=O)Nc1nc(-c2cccc([N+](=O)[O-])c2)cs1. The number of aromatic nitrogens is 1. The van der Waals surface area contributed by atoms with Gasteiger partial charge in [0.15, 0.2) is 5.13 Å². The summed E-state index contributed by atoms with van der Waals surface area (Å²) in [5.74, 6) is -0.388. The maximum Gasteiger partial charge on any atom is 0.270 e. The predicted molar refractivity (Wildman–Crippen MR) is 148 cm³/mol. The minimum atomic E-state index is -0.454. The molecule has 4 aromatic rings. The lowest BCUT2D eigenvalue weighted by molar-refractivity contribution is -0.384. The highest BCUT2D eigenvalue weighted by Gasteiger charge is 2.20. The second kappa shape index (κ2) is 11.8. The molecule has 10 heteroatoms. The summed E-state index contributed by atoms with van der Waals surface area (Å²) in [5.41, 5.74) is 3.38. The molecular formula is C27H24N4O4S2. The van der Waals surface area contributed by atoms with Gasteiger partial charge in [0.1, 0.15) is 0 Å². The van der Waals surface area contributed by atoms with Crippen LogP contribution in [0.25, 0.3) is 11.3 Å². The molecule has 0 bridgehead atoms. The number of nitrogens with zero attached hydrogens (tertiary/aromatic N) is 2. The molecule has 0 aliphatic rings. The smallest absolute Gasteiger partial charge is 0.270 e. The number of nitro groups is 1. The number of non-ortho nitro benzene ring substituents is 1. The lowest BCUT2D eigenvalue weighted by Crippen LogP contribution is -2.24. The monoisotopic (exact) mass is 532 g/mol. The Balaban J connectivity index is 1.40. The van der Waals surface area contributed by atoms with Crippen LogP contribution in [0.1, 0.15) is 29.3 Å². The van der Waals surface area contributed by atoms with Crippen molar-refractivity contribution >= 4 is 51.4 Å². The molecule has 0 saturated carbocycles. The third kappa shape index (κ3) is 6.81. The van der Waals surface area contributed by atoms with Gasteiger partial charge in [0, 0.05) is 39.2 Å². The number of amides is 2. The van der Waals surface area contributed by atoms with Gasteiger partial charge < -0.3 is 10.6 Å². The normalized spacial score (nSPS) is 11.5. The van der Waals surface area contributed by atoms with Gasteiger partial charge in [-0.15, -0.1) is 23.1 Å². The zero-order chi connectivity index (χ0) is 26.4. The minimum Gasteiger partial charge on any atom is -0.322 e. The average Bonchev–Trinajstić information content (AvgIpc) is 3.36. The van der Waals surface area contributed by atoms with Crippen molar-refractivity contribution in [1.82, 2.24) is 4.98 Å². The summed E-state index contributed by atoms with van der Waals surface area (Å²) in [4.78, 5) is 41.5. The van der Waals surface area contributed by atoms with Crippen LogP contribution in [0.5, 0.6) is 0 Å². The van der Waals surface area contributed by atoms with Crippen LogP contribution in [0, 0.1) is 17.0 Å². The van der Waals surface area contributed by atoms with Crippen LogP contribution >= 0.6 is 23.1 Å². The van der Waals surface area contributed by atoms with Gasteiger partial charge in [0.25, 0.3) is 11.6 Å². The molecule has 0 spiro atoms. The number of aryl methyl sites for hydroxylation is 1. The number of rotatable bonds is 9. The summed E-state index contributed by atoms with van der Waals surface area (Å²) >= 11 is 2.66. The Morgan fingerprint density at radius 2 is 1.84 bits per heavy atom. The Morgan fingerprint density at radius 3 is 2.59 bits per heavy atom. The molecule has 2 N–H and O–H groups in total. The molecule has 37 heavy (non-hydrogen) atoms. The summed E-state index contributed by atoms with van der Waals surface area (Å²) in [6.45, 7) is 3.86. The fourth-order valence-corrected chi connectivity index (χ4v) is 5.29. The Labute approximate surface area is 222 Å². The van der Waals surface area contributed by atoms with E-state index in [1.54, 1.807) is 23.6 Å². The van der Waals surface area contributed by atoms with Crippen LogP contribution in [-0.4, -0.2) is 27.0 Å². The van der Waals surface area contributed by atoms with Gasteiger partial charge in [-0.25, -0.2) is 4.98 Å². The van der Waals surface area contributed by atoms with Crippen molar-refractivity contribution in [2.45, 2.75) is 30.4 Å². The van der Waals surface area contributed by atoms with E-state index in [1.807, 2.05) is 56.3 Å². The largest absolute Gasteiger partial charge is 0.322 e. The number of thiazole rings is 1. The minimum absolute atomic E-state index is 0.0177. The van der Waals surface area contributed by atoms with Crippen LogP contribution < -0.4 is 10.6 Å². The molecule has 2 amide bonds. The molecule has 1 aromatic heterocycles. The van der Waals surface area contributed by atoms with Gasteiger partial charge in [-0.05, 0) is 43.7 Å². The number of hydrogen-bond acceptors (Lipinski definition) is 7. The van der Waals surface area contributed by atoms with E-state index < -0.39 is 4.92 Å². The summed E-state index contributed by atoms with van der Waals surface area (Å²) in [7, 11) is 0. The summed E-state index contributed by atoms with van der Waals surface area (Å²) in [6, 6.07) is 21.0. The zero-order valence-electron chi connectivity index (χ0n) is 20.1. The van der Waals surface area contributed by atoms with Gasteiger partial charge in [0.2, 0.25) is 5.91 Å². The lowest BCUT2D eigenvalue weighted by atomic mass is 10.1. The van der Waals surface area contributed by atoms with E-state index in [4.69, 9.17) is 0 Å². The van der Waals surface area contributed by atoms with Crippen molar-refractivity contribution in [2.75, 3.05) is 10.6 Å². The molecule has 0 saturated heterocycles. The van der Waals surface area contributed by atoms with E-state index in [2.05, 4.69) is 15.6 Å². The first-order valence-corrected chi connectivity index (χ1v) is 13.2. The van der Waals surface area contributed by atoms with E-state index in [0.717, 1.165) is 10.5 Å². The maximum absolute atomic E-state index is 13.0. The summed E-state index contributed by atoms with van der Waals surface area (Å²) in [6.07, 6.45) is 0.583. The molecular weight excluding hydrogens is 508 g/mol. The topological polar surface area (TPSA) is 114 Å². The van der Waals surface area contributed by atoms with E-state index in [-0.39, 0.29) is 22.8 Å². The molecule has 0 radical (unpaired) electrons. The molecule has 0 fully saturated rings. The van der Waals surface area contributed by atoms with Gasteiger partial charge in [-0.1, -0.05) is 42.8 Å². The number of thioether (sulfide) groups is 1. The number of carbonyl (C=O) groups excluding carboxylic acids is 2. The van der Waals surface area contributed by atoms with E-state index in [9.17, 15) is 19.7 Å². The van der Waals surface area contributed by atoms with Crippen LogP contribution in [-0.2, 0) is 4.79 Å². The van der Waals surface area contributed by atoms with Crippen molar-refractivity contribution in [3.63, 3.8) is 0 Å². The van der Waals surface area contributed by atoms with E-state index in [1.165, 1.54) is 35.2 Å². The van der Waals surface area contributed by atoms with Crippen LogP contribution in [0.2, 0.25) is 0 Å². The Hall–Kier alpha value is -4.02. The summed E-state index contributed by atoms with van der Waals surface area (Å²) in [5, 5.41) is 18.6. The third-order valence-corrected chi connectivity index (χ3v) is 7.52. The standard InChI is InChI=1S/C27H24N4O4S2/c1-3-24(26(33)30-27-29-23(16-36-27)18-8-5-11-21(14-18)31(34)35)37-22-12-6-10-20(15-22)28-25(32)19-9-4-7-17(2)13-19/h4-16,24H,3H2,1-2H3,(H,28,32)(H,29,30,33). The lowest BCUT2D eigenvalue weighted by Gasteiger charge is -2.14. The predicted octanol–water partition coefficient (Wildman–Crippen LogP) is 6.79. The quantitative estimate of drug-likeness (QED) is 0.139.